The van der Waals surface area contributed by atoms with Gasteiger partial charge in [0.05, 0.1) is 5.75 Å². The molecule has 1 heterocycles. The first-order chi connectivity index (χ1) is 10.1. The zero-order chi connectivity index (χ0) is 15.1. The van der Waals surface area contributed by atoms with Crippen molar-refractivity contribution in [2.75, 3.05) is 16.8 Å². The molecule has 0 fully saturated rings. The second-order valence-corrected chi connectivity index (χ2v) is 6.18. The predicted octanol–water partition coefficient (Wildman–Crippen LogP) is 1.75. The van der Waals surface area contributed by atoms with Crippen LogP contribution in [-0.2, 0) is 9.59 Å². The van der Waals surface area contributed by atoms with Gasteiger partial charge in [0.2, 0.25) is 16.9 Å². The van der Waals surface area contributed by atoms with Crippen LogP contribution in [0, 0.1) is 0 Å². The van der Waals surface area contributed by atoms with E-state index >= 15 is 0 Å². The molecule has 2 amide bonds. The van der Waals surface area contributed by atoms with Crippen LogP contribution in [-0.4, -0.2) is 33.5 Å². The van der Waals surface area contributed by atoms with Crippen LogP contribution >= 0.6 is 23.1 Å². The van der Waals surface area contributed by atoms with Crippen LogP contribution in [0.1, 0.15) is 6.42 Å². The van der Waals surface area contributed by atoms with E-state index in [1.165, 1.54) is 23.1 Å². The molecule has 0 saturated carbocycles. The number of nitrogens with two attached hydrogens (primary N) is 1. The van der Waals surface area contributed by atoms with Crippen molar-refractivity contribution in [1.29, 1.82) is 0 Å². The maximum absolute atomic E-state index is 11.7. The fourth-order valence-corrected chi connectivity index (χ4v) is 2.93. The highest BCUT2D eigenvalue weighted by atomic mass is 32.2. The quantitative estimate of drug-likeness (QED) is 0.757. The lowest BCUT2D eigenvalue weighted by Gasteiger charge is -2.00. The fourth-order valence-electron chi connectivity index (χ4n) is 1.49. The highest BCUT2D eigenvalue weighted by molar-refractivity contribution is 7.99. The van der Waals surface area contributed by atoms with E-state index in [9.17, 15) is 9.59 Å². The van der Waals surface area contributed by atoms with Crippen LogP contribution in [0.15, 0.2) is 30.3 Å². The van der Waals surface area contributed by atoms with Gasteiger partial charge in [0, 0.05) is 17.7 Å². The minimum absolute atomic E-state index is 0.150. The summed E-state index contributed by atoms with van der Waals surface area (Å²) in [5, 5.41) is 11.9. The van der Waals surface area contributed by atoms with Crippen LogP contribution in [0.25, 0.3) is 10.6 Å². The molecule has 0 radical (unpaired) electrons. The van der Waals surface area contributed by atoms with Crippen LogP contribution in [0.5, 0.6) is 0 Å². The number of hydrogen-bond donors (Lipinski definition) is 2. The van der Waals surface area contributed by atoms with Gasteiger partial charge in [-0.2, -0.15) is 11.8 Å². The van der Waals surface area contributed by atoms with Crippen molar-refractivity contribution in [3.63, 3.8) is 0 Å². The SMILES string of the molecule is NC(=O)CSCCC(=O)Nc1nnc(-c2ccccc2)s1. The number of carbonyl (C=O) groups excluding carboxylic acids is 2. The number of carbonyl (C=O) groups is 2. The van der Waals surface area contributed by atoms with Gasteiger partial charge < -0.3 is 11.1 Å². The van der Waals surface area contributed by atoms with Gasteiger partial charge in [0.15, 0.2) is 0 Å². The smallest absolute Gasteiger partial charge is 0.227 e. The average Bonchev–Trinajstić information content (AvgIpc) is 2.93. The van der Waals surface area contributed by atoms with Gasteiger partial charge in [-0.3, -0.25) is 9.59 Å². The Kier molecular flexibility index (Phi) is 5.70. The van der Waals surface area contributed by atoms with Gasteiger partial charge >= 0.3 is 0 Å². The van der Waals surface area contributed by atoms with Gasteiger partial charge in [-0.05, 0) is 0 Å². The topological polar surface area (TPSA) is 98.0 Å². The molecule has 21 heavy (non-hydrogen) atoms. The molecule has 110 valence electrons. The number of amides is 2. The van der Waals surface area contributed by atoms with Gasteiger partial charge in [0.1, 0.15) is 5.01 Å². The summed E-state index contributed by atoms with van der Waals surface area (Å²) in [7, 11) is 0. The Balaban J connectivity index is 1.82. The van der Waals surface area contributed by atoms with Crippen molar-refractivity contribution in [2.45, 2.75) is 6.42 Å². The summed E-state index contributed by atoms with van der Waals surface area (Å²) in [5.74, 6) is 0.239. The Morgan fingerprint density at radius 3 is 2.71 bits per heavy atom. The molecule has 6 nitrogen and oxygen atoms in total. The largest absolute Gasteiger partial charge is 0.369 e. The van der Waals surface area contributed by atoms with E-state index in [0.717, 1.165) is 10.6 Å². The molecule has 2 rings (SSSR count). The average molecular weight is 322 g/mol. The number of benzene rings is 1. The third-order valence-electron chi connectivity index (χ3n) is 2.41. The first kappa shape index (κ1) is 15.5. The fraction of sp³-hybridized carbons (Fsp3) is 0.231. The van der Waals surface area contributed by atoms with Gasteiger partial charge in [-0.1, -0.05) is 41.7 Å². The Bertz CT molecular complexity index is 616. The molecule has 0 spiro atoms. The van der Waals surface area contributed by atoms with E-state index < -0.39 is 0 Å². The van der Waals surface area contributed by atoms with Crippen molar-refractivity contribution in [1.82, 2.24) is 10.2 Å². The second-order valence-electron chi connectivity index (χ2n) is 4.10. The van der Waals surface area contributed by atoms with E-state index in [0.29, 0.717) is 17.3 Å². The van der Waals surface area contributed by atoms with E-state index in [1.807, 2.05) is 30.3 Å². The summed E-state index contributed by atoms with van der Waals surface area (Å²) >= 11 is 2.66. The minimum atomic E-state index is -0.378. The van der Waals surface area contributed by atoms with Crippen molar-refractivity contribution in [2.24, 2.45) is 5.73 Å². The molecule has 0 aliphatic heterocycles. The number of anilines is 1. The molecule has 0 saturated heterocycles. The number of nitrogens with one attached hydrogen (secondary N) is 1. The predicted molar refractivity (Wildman–Crippen MR) is 85.1 cm³/mol. The summed E-state index contributed by atoms with van der Waals surface area (Å²) in [6.07, 6.45) is 0.304. The van der Waals surface area contributed by atoms with Crippen molar-refractivity contribution < 1.29 is 9.59 Å². The molecule has 0 atom stereocenters. The number of rotatable bonds is 7. The molecular formula is C13H14N4O2S2. The Hall–Kier alpha value is -1.93. The second kappa shape index (κ2) is 7.75. The lowest BCUT2D eigenvalue weighted by molar-refractivity contribution is -0.116. The third-order valence-corrected chi connectivity index (χ3v) is 4.28. The maximum Gasteiger partial charge on any atom is 0.227 e. The van der Waals surface area contributed by atoms with E-state index in [1.54, 1.807) is 0 Å². The van der Waals surface area contributed by atoms with Gasteiger partial charge in [-0.15, -0.1) is 10.2 Å². The zero-order valence-electron chi connectivity index (χ0n) is 11.1. The van der Waals surface area contributed by atoms with Crippen molar-refractivity contribution >= 4 is 40.0 Å². The highest BCUT2D eigenvalue weighted by Gasteiger charge is 2.09. The Morgan fingerprint density at radius 1 is 1.24 bits per heavy atom. The maximum atomic E-state index is 11.7. The first-order valence-corrected chi connectivity index (χ1v) is 8.17. The zero-order valence-corrected chi connectivity index (χ0v) is 12.7. The van der Waals surface area contributed by atoms with Gasteiger partial charge in [-0.25, -0.2) is 0 Å². The lowest BCUT2D eigenvalue weighted by Crippen LogP contribution is -2.15. The van der Waals surface area contributed by atoms with E-state index in [-0.39, 0.29) is 17.6 Å². The number of hydrogen-bond acceptors (Lipinski definition) is 6. The lowest BCUT2D eigenvalue weighted by atomic mass is 10.2. The van der Waals surface area contributed by atoms with E-state index in [4.69, 9.17) is 5.73 Å². The number of primary amides is 1. The molecule has 3 N–H and O–H groups in total. The summed E-state index contributed by atoms with van der Waals surface area (Å²) in [6.45, 7) is 0. The summed E-state index contributed by atoms with van der Waals surface area (Å²) in [4.78, 5) is 22.3. The third kappa shape index (κ3) is 5.16. The van der Waals surface area contributed by atoms with Crippen LogP contribution in [0.4, 0.5) is 5.13 Å². The summed E-state index contributed by atoms with van der Waals surface area (Å²) in [6, 6.07) is 9.64. The molecule has 0 aliphatic carbocycles. The molecule has 2 aromatic rings. The molecule has 8 heteroatoms. The highest BCUT2D eigenvalue weighted by Crippen LogP contribution is 2.25. The molecular weight excluding hydrogens is 308 g/mol. The van der Waals surface area contributed by atoms with E-state index in [2.05, 4.69) is 15.5 Å². The number of thioether (sulfide) groups is 1. The standard InChI is InChI=1S/C13H14N4O2S2/c14-10(18)8-20-7-6-11(19)15-13-17-16-12(21-13)9-4-2-1-3-5-9/h1-5H,6-8H2,(H2,14,18)(H,15,17,19). The Morgan fingerprint density at radius 2 is 2.00 bits per heavy atom. The van der Waals surface area contributed by atoms with Gasteiger partial charge in [0.25, 0.3) is 0 Å². The minimum Gasteiger partial charge on any atom is -0.369 e. The monoisotopic (exact) mass is 322 g/mol. The molecule has 1 aromatic carbocycles. The number of aromatic nitrogens is 2. The van der Waals surface area contributed by atoms with Crippen molar-refractivity contribution in [3.8, 4) is 10.6 Å². The molecule has 1 aromatic heterocycles. The Labute approximate surface area is 130 Å². The first-order valence-electron chi connectivity index (χ1n) is 6.20. The van der Waals surface area contributed by atoms with Crippen LogP contribution < -0.4 is 11.1 Å². The molecule has 0 bridgehead atoms. The summed E-state index contributed by atoms with van der Waals surface area (Å²) < 4.78 is 0. The normalized spacial score (nSPS) is 10.3. The van der Waals surface area contributed by atoms with Crippen LogP contribution in [0.2, 0.25) is 0 Å². The van der Waals surface area contributed by atoms with Crippen molar-refractivity contribution in [3.05, 3.63) is 30.3 Å². The van der Waals surface area contributed by atoms with Crippen LogP contribution in [0.3, 0.4) is 0 Å². The number of nitrogens with zero attached hydrogens (tertiary/aromatic N) is 2. The molecule has 0 aliphatic rings. The molecule has 0 unspecified atom stereocenters. The summed E-state index contributed by atoms with van der Waals surface area (Å²) in [5.41, 5.74) is 5.98.